The fourth-order valence-electron chi connectivity index (χ4n) is 3.50. The highest BCUT2D eigenvalue weighted by Crippen LogP contribution is 2.32. The summed E-state index contributed by atoms with van der Waals surface area (Å²) in [6.45, 7) is 7.17. The van der Waals surface area contributed by atoms with Crippen LogP contribution in [0.15, 0.2) is 42.5 Å². The molecule has 6 nitrogen and oxygen atoms in total. The molecule has 0 aromatic heterocycles. The highest BCUT2D eigenvalue weighted by molar-refractivity contribution is 5.87. The van der Waals surface area contributed by atoms with Crippen molar-refractivity contribution in [2.45, 2.75) is 59.0 Å². The van der Waals surface area contributed by atoms with Crippen LogP contribution in [0.2, 0.25) is 0 Å². The van der Waals surface area contributed by atoms with Crippen LogP contribution in [0.4, 0.5) is 0 Å². The Morgan fingerprint density at radius 1 is 1.06 bits per heavy atom. The molecule has 1 heterocycles. The van der Waals surface area contributed by atoms with Crippen LogP contribution in [0.1, 0.15) is 49.8 Å². The van der Waals surface area contributed by atoms with Crippen molar-refractivity contribution in [2.24, 2.45) is 0 Å². The summed E-state index contributed by atoms with van der Waals surface area (Å²) in [5.74, 6) is 1.28. The summed E-state index contributed by atoms with van der Waals surface area (Å²) in [4.78, 5) is 27.5. The topological polar surface area (TPSA) is 67.9 Å². The Kier molecular flexibility index (Phi) is 7.93. The number of benzene rings is 2. The molecule has 166 valence electrons. The molecule has 1 aliphatic rings. The predicted octanol–water partition coefficient (Wildman–Crippen LogP) is 3.99. The van der Waals surface area contributed by atoms with Gasteiger partial charge in [-0.05, 0) is 49.9 Å². The molecule has 0 bridgehead atoms. The average molecular weight is 425 g/mol. The highest BCUT2D eigenvalue weighted by Gasteiger charge is 2.26. The number of ether oxygens (including phenoxy) is 2. The number of aryl methyl sites for hydroxylation is 2. The number of rotatable bonds is 10. The van der Waals surface area contributed by atoms with E-state index in [1.165, 1.54) is 0 Å². The molecule has 1 N–H and O–H groups in total. The van der Waals surface area contributed by atoms with E-state index in [4.69, 9.17) is 9.47 Å². The van der Waals surface area contributed by atoms with E-state index in [1.54, 1.807) is 11.8 Å². The Morgan fingerprint density at radius 3 is 2.52 bits per heavy atom. The molecule has 3 rings (SSSR count). The molecule has 2 amide bonds. The van der Waals surface area contributed by atoms with E-state index in [9.17, 15) is 9.59 Å². The van der Waals surface area contributed by atoms with E-state index in [1.807, 2.05) is 49.4 Å². The number of hydrogen-bond donors (Lipinski definition) is 1. The number of carbonyl (C=O) groups excluding carboxylic acids is 2. The maximum atomic E-state index is 13.2. The summed E-state index contributed by atoms with van der Waals surface area (Å²) < 4.78 is 10.8. The number of amides is 2. The zero-order chi connectivity index (χ0) is 22.2. The van der Waals surface area contributed by atoms with Crippen LogP contribution in [0, 0.1) is 6.92 Å². The Bertz CT molecular complexity index is 895. The second-order valence-corrected chi connectivity index (χ2v) is 8.02. The van der Waals surface area contributed by atoms with Gasteiger partial charge in [0, 0.05) is 19.5 Å². The summed E-state index contributed by atoms with van der Waals surface area (Å²) >= 11 is 0. The van der Waals surface area contributed by atoms with Gasteiger partial charge in [0.2, 0.25) is 18.6 Å². The lowest BCUT2D eigenvalue weighted by Crippen LogP contribution is -2.47. The Hall–Kier alpha value is -3.02. The number of carbonyl (C=O) groups is 2. The van der Waals surface area contributed by atoms with Gasteiger partial charge < -0.3 is 19.7 Å². The normalized spacial score (nSPS) is 13.0. The Morgan fingerprint density at radius 2 is 1.77 bits per heavy atom. The van der Waals surface area contributed by atoms with Gasteiger partial charge in [-0.25, -0.2) is 0 Å². The van der Waals surface area contributed by atoms with Crippen molar-refractivity contribution in [2.75, 3.05) is 13.3 Å². The second-order valence-electron chi connectivity index (χ2n) is 8.02. The van der Waals surface area contributed by atoms with Crippen molar-refractivity contribution < 1.29 is 19.1 Å². The minimum atomic E-state index is -0.539. The molecule has 1 atom stereocenters. The molecule has 0 unspecified atom stereocenters. The van der Waals surface area contributed by atoms with Crippen LogP contribution in [-0.4, -0.2) is 36.1 Å². The molecular formula is C25H32N2O4. The van der Waals surface area contributed by atoms with Crippen LogP contribution < -0.4 is 14.8 Å². The average Bonchev–Trinajstić information content (AvgIpc) is 3.24. The van der Waals surface area contributed by atoms with E-state index in [0.29, 0.717) is 31.7 Å². The van der Waals surface area contributed by atoms with Crippen molar-refractivity contribution in [1.82, 2.24) is 10.2 Å². The smallest absolute Gasteiger partial charge is 0.242 e. The van der Waals surface area contributed by atoms with Gasteiger partial charge >= 0.3 is 0 Å². The minimum Gasteiger partial charge on any atom is -0.454 e. The zero-order valence-electron chi connectivity index (χ0n) is 18.6. The van der Waals surface area contributed by atoms with E-state index in [0.717, 1.165) is 35.3 Å². The molecule has 1 aliphatic heterocycles. The molecule has 0 saturated carbocycles. The molecule has 0 aliphatic carbocycles. The molecule has 0 fully saturated rings. The first kappa shape index (κ1) is 22.7. The standard InChI is InChI=1S/C25H32N2O4/c1-4-5-14-26-25(29)19(3)27(16-21-8-6-18(2)7-9-21)24(28)13-11-20-10-12-22-23(15-20)31-17-30-22/h6-10,12,15,19H,4-5,11,13-14,16-17H2,1-3H3,(H,26,29)/t19-/m0/s1. The summed E-state index contributed by atoms with van der Waals surface area (Å²) in [6.07, 6.45) is 2.83. The van der Waals surface area contributed by atoms with E-state index < -0.39 is 6.04 Å². The molecular weight excluding hydrogens is 392 g/mol. The molecule has 31 heavy (non-hydrogen) atoms. The SMILES string of the molecule is CCCCNC(=O)[C@H](C)N(Cc1ccc(C)cc1)C(=O)CCc1ccc2c(c1)OCO2. The van der Waals surface area contributed by atoms with Gasteiger partial charge in [0.1, 0.15) is 6.04 Å². The van der Waals surface area contributed by atoms with Crippen molar-refractivity contribution in [1.29, 1.82) is 0 Å². The lowest BCUT2D eigenvalue weighted by Gasteiger charge is -2.29. The van der Waals surface area contributed by atoms with E-state index in [2.05, 4.69) is 12.2 Å². The lowest BCUT2D eigenvalue weighted by molar-refractivity contribution is -0.140. The first-order valence-corrected chi connectivity index (χ1v) is 11.0. The van der Waals surface area contributed by atoms with Crippen molar-refractivity contribution in [3.05, 3.63) is 59.2 Å². The minimum absolute atomic E-state index is 0.0450. The van der Waals surface area contributed by atoms with Crippen LogP contribution in [-0.2, 0) is 22.6 Å². The summed E-state index contributed by atoms with van der Waals surface area (Å²) in [6, 6.07) is 13.3. The molecule has 6 heteroatoms. The third-order valence-corrected chi connectivity index (χ3v) is 5.53. The largest absolute Gasteiger partial charge is 0.454 e. The zero-order valence-corrected chi connectivity index (χ0v) is 18.6. The first-order chi connectivity index (χ1) is 15.0. The summed E-state index contributed by atoms with van der Waals surface area (Å²) in [5.41, 5.74) is 3.18. The second kappa shape index (κ2) is 10.8. The molecule has 2 aromatic carbocycles. The van der Waals surface area contributed by atoms with Crippen molar-refractivity contribution >= 4 is 11.8 Å². The van der Waals surface area contributed by atoms with Gasteiger partial charge in [-0.1, -0.05) is 49.2 Å². The fourth-order valence-corrected chi connectivity index (χ4v) is 3.50. The number of nitrogens with zero attached hydrogens (tertiary/aromatic N) is 1. The molecule has 0 spiro atoms. The van der Waals surface area contributed by atoms with Gasteiger partial charge in [0.15, 0.2) is 11.5 Å². The lowest BCUT2D eigenvalue weighted by atomic mass is 10.1. The third kappa shape index (κ3) is 6.23. The quantitative estimate of drug-likeness (QED) is 0.586. The first-order valence-electron chi connectivity index (χ1n) is 11.0. The van der Waals surface area contributed by atoms with Crippen LogP contribution in [0.5, 0.6) is 11.5 Å². The van der Waals surface area contributed by atoms with E-state index in [-0.39, 0.29) is 18.6 Å². The molecule has 2 aromatic rings. The highest BCUT2D eigenvalue weighted by atomic mass is 16.7. The van der Waals surface area contributed by atoms with Crippen LogP contribution >= 0.6 is 0 Å². The number of hydrogen-bond acceptors (Lipinski definition) is 4. The van der Waals surface area contributed by atoms with Gasteiger partial charge in [-0.15, -0.1) is 0 Å². The van der Waals surface area contributed by atoms with Gasteiger partial charge in [0.25, 0.3) is 0 Å². The number of unbranched alkanes of at least 4 members (excludes halogenated alkanes) is 1. The number of fused-ring (bicyclic) bond motifs is 1. The molecule has 0 saturated heterocycles. The maximum absolute atomic E-state index is 13.2. The third-order valence-electron chi connectivity index (χ3n) is 5.53. The Labute approximate surface area is 184 Å². The summed E-state index contributed by atoms with van der Waals surface area (Å²) in [7, 11) is 0. The van der Waals surface area contributed by atoms with E-state index >= 15 is 0 Å². The monoisotopic (exact) mass is 424 g/mol. The predicted molar refractivity (Wildman–Crippen MR) is 120 cm³/mol. The van der Waals surface area contributed by atoms with Gasteiger partial charge in [0.05, 0.1) is 0 Å². The van der Waals surface area contributed by atoms with Crippen LogP contribution in [0.25, 0.3) is 0 Å². The Balaban J connectivity index is 1.68. The van der Waals surface area contributed by atoms with Crippen molar-refractivity contribution in [3.8, 4) is 11.5 Å². The molecule has 0 radical (unpaired) electrons. The van der Waals surface area contributed by atoms with Gasteiger partial charge in [-0.3, -0.25) is 9.59 Å². The van der Waals surface area contributed by atoms with Crippen molar-refractivity contribution in [3.63, 3.8) is 0 Å². The fraction of sp³-hybridized carbons (Fsp3) is 0.440. The maximum Gasteiger partial charge on any atom is 0.242 e. The van der Waals surface area contributed by atoms with Crippen LogP contribution in [0.3, 0.4) is 0 Å². The summed E-state index contributed by atoms with van der Waals surface area (Å²) in [5, 5.41) is 2.95. The number of nitrogens with one attached hydrogen (secondary N) is 1. The van der Waals surface area contributed by atoms with Gasteiger partial charge in [-0.2, -0.15) is 0 Å².